The molecule has 1 heteroatoms. The summed E-state index contributed by atoms with van der Waals surface area (Å²) >= 11 is 0. The van der Waals surface area contributed by atoms with Crippen molar-refractivity contribution in [3.8, 4) is 6.07 Å². The standard InChI is InChI=1S/C17H29N/c18-15-17(13-14-17)16-11-9-7-5-3-1-2-4-6-8-10-12-16/h16H,1-14H2. The molecule has 0 bridgehead atoms. The van der Waals surface area contributed by atoms with Gasteiger partial charge in [-0.2, -0.15) is 5.26 Å². The number of nitriles is 1. The fourth-order valence-electron chi connectivity index (χ4n) is 3.64. The van der Waals surface area contributed by atoms with Crippen LogP contribution in [0.4, 0.5) is 0 Å². The molecule has 0 spiro atoms. The second-order valence-electron chi connectivity index (χ2n) is 6.58. The van der Waals surface area contributed by atoms with Crippen molar-refractivity contribution in [3.63, 3.8) is 0 Å². The summed E-state index contributed by atoms with van der Waals surface area (Å²) in [5, 5.41) is 9.39. The second-order valence-corrected chi connectivity index (χ2v) is 6.58. The van der Waals surface area contributed by atoms with E-state index < -0.39 is 0 Å². The molecule has 0 saturated heterocycles. The van der Waals surface area contributed by atoms with Crippen LogP contribution in [0.5, 0.6) is 0 Å². The number of rotatable bonds is 1. The predicted molar refractivity (Wildman–Crippen MR) is 76.2 cm³/mol. The van der Waals surface area contributed by atoms with Crippen LogP contribution in [0.1, 0.15) is 89.9 Å². The summed E-state index contributed by atoms with van der Waals surface area (Å²) in [5.74, 6) is 0.725. The van der Waals surface area contributed by atoms with Crippen LogP contribution in [-0.2, 0) is 0 Å². The van der Waals surface area contributed by atoms with E-state index in [2.05, 4.69) is 6.07 Å². The second kappa shape index (κ2) is 7.17. The summed E-state index contributed by atoms with van der Waals surface area (Å²) in [6.45, 7) is 0. The Morgan fingerprint density at radius 3 is 1.39 bits per heavy atom. The zero-order valence-electron chi connectivity index (χ0n) is 11.9. The number of hydrogen-bond acceptors (Lipinski definition) is 1. The van der Waals surface area contributed by atoms with Crippen LogP contribution in [0, 0.1) is 22.7 Å². The maximum absolute atomic E-state index is 9.39. The van der Waals surface area contributed by atoms with Gasteiger partial charge in [0.1, 0.15) is 0 Å². The molecule has 0 atom stereocenters. The molecule has 102 valence electrons. The summed E-state index contributed by atoms with van der Waals surface area (Å²) < 4.78 is 0. The van der Waals surface area contributed by atoms with E-state index in [0.29, 0.717) is 0 Å². The monoisotopic (exact) mass is 247 g/mol. The van der Waals surface area contributed by atoms with Crippen molar-refractivity contribution in [2.24, 2.45) is 11.3 Å². The Labute approximate surface area is 113 Å². The van der Waals surface area contributed by atoms with Gasteiger partial charge in [-0.15, -0.1) is 0 Å². The minimum Gasteiger partial charge on any atom is -0.198 e. The smallest absolute Gasteiger partial charge is 0.0692 e. The first-order valence-corrected chi connectivity index (χ1v) is 8.29. The highest BCUT2D eigenvalue weighted by Gasteiger charge is 2.48. The molecular formula is C17H29N. The molecule has 0 heterocycles. The van der Waals surface area contributed by atoms with Gasteiger partial charge in [0, 0.05) is 0 Å². The summed E-state index contributed by atoms with van der Waals surface area (Å²) in [4.78, 5) is 0. The predicted octanol–water partition coefficient (Wildman–Crippen LogP) is 5.60. The van der Waals surface area contributed by atoms with E-state index in [9.17, 15) is 5.26 Å². The van der Waals surface area contributed by atoms with Crippen LogP contribution < -0.4 is 0 Å². The van der Waals surface area contributed by atoms with Crippen molar-refractivity contribution in [3.05, 3.63) is 0 Å². The lowest BCUT2D eigenvalue weighted by molar-refractivity contribution is 0.311. The molecule has 0 amide bonds. The van der Waals surface area contributed by atoms with Gasteiger partial charge >= 0.3 is 0 Å². The van der Waals surface area contributed by atoms with E-state index in [1.165, 1.54) is 89.9 Å². The molecule has 0 N–H and O–H groups in total. The van der Waals surface area contributed by atoms with Crippen LogP contribution in [0.2, 0.25) is 0 Å². The first kappa shape index (κ1) is 13.9. The third-order valence-electron chi connectivity index (χ3n) is 5.15. The molecular weight excluding hydrogens is 218 g/mol. The van der Waals surface area contributed by atoms with Gasteiger partial charge in [0.05, 0.1) is 11.5 Å². The summed E-state index contributed by atoms with van der Waals surface area (Å²) in [6.07, 6.45) is 19.2. The van der Waals surface area contributed by atoms with Gasteiger partial charge in [-0.3, -0.25) is 0 Å². The van der Waals surface area contributed by atoms with Gasteiger partial charge in [0.25, 0.3) is 0 Å². The molecule has 0 aromatic heterocycles. The fourth-order valence-corrected chi connectivity index (χ4v) is 3.64. The van der Waals surface area contributed by atoms with Crippen molar-refractivity contribution in [2.45, 2.75) is 89.9 Å². The highest BCUT2D eigenvalue weighted by molar-refractivity contribution is 5.12. The van der Waals surface area contributed by atoms with E-state index >= 15 is 0 Å². The van der Waals surface area contributed by atoms with Gasteiger partial charge in [-0.05, 0) is 31.6 Å². The SMILES string of the molecule is N#CC1(C2CCCCCCCCCCCC2)CC1. The molecule has 0 radical (unpaired) electrons. The Morgan fingerprint density at radius 2 is 1.06 bits per heavy atom. The van der Waals surface area contributed by atoms with Crippen LogP contribution in [0.15, 0.2) is 0 Å². The topological polar surface area (TPSA) is 23.8 Å². The van der Waals surface area contributed by atoms with E-state index in [0.717, 1.165) is 5.92 Å². The fraction of sp³-hybridized carbons (Fsp3) is 0.941. The van der Waals surface area contributed by atoms with Gasteiger partial charge < -0.3 is 0 Å². The van der Waals surface area contributed by atoms with E-state index in [1.807, 2.05) is 0 Å². The first-order valence-electron chi connectivity index (χ1n) is 8.29. The Morgan fingerprint density at radius 1 is 0.667 bits per heavy atom. The number of nitrogens with zero attached hydrogens (tertiary/aromatic N) is 1. The van der Waals surface area contributed by atoms with Crippen LogP contribution in [0.3, 0.4) is 0 Å². The normalized spacial score (nSPS) is 27.3. The van der Waals surface area contributed by atoms with Crippen LogP contribution in [-0.4, -0.2) is 0 Å². The lowest BCUT2D eigenvalue weighted by Gasteiger charge is -2.21. The zero-order chi connectivity index (χ0) is 12.7. The van der Waals surface area contributed by atoms with Crippen LogP contribution >= 0.6 is 0 Å². The maximum Gasteiger partial charge on any atom is 0.0692 e. The van der Waals surface area contributed by atoms with E-state index in [4.69, 9.17) is 0 Å². The third-order valence-corrected chi connectivity index (χ3v) is 5.15. The zero-order valence-corrected chi connectivity index (χ0v) is 11.9. The van der Waals surface area contributed by atoms with Gasteiger partial charge in [0.15, 0.2) is 0 Å². The maximum atomic E-state index is 9.39. The minimum absolute atomic E-state index is 0.125. The largest absolute Gasteiger partial charge is 0.198 e. The lowest BCUT2D eigenvalue weighted by atomic mass is 9.82. The molecule has 2 rings (SSSR count). The Balaban J connectivity index is 1.81. The average molecular weight is 247 g/mol. The molecule has 2 aliphatic carbocycles. The van der Waals surface area contributed by atoms with Gasteiger partial charge in [-0.25, -0.2) is 0 Å². The highest BCUT2D eigenvalue weighted by Crippen LogP contribution is 2.54. The Hall–Kier alpha value is -0.510. The van der Waals surface area contributed by atoms with Crippen molar-refractivity contribution in [1.29, 1.82) is 5.26 Å². The average Bonchev–Trinajstić information content (AvgIpc) is 3.17. The molecule has 2 fully saturated rings. The van der Waals surface area contributed by atoms with Gasteiger partial charge in [0.2, 0.25) is 0 Å². The summed E-state index contributed by atoms with van der Waals surface area (Å²) in [5.41, 5.74) is 0.125. The molecule has 0 unspecified atom stereocenters. The molecule has 1 nitrogen and oxygen atoms in total. The summed E-state index contributed by atoms with van der Waals surface area (Å²) in [6, 6.07) is 2.65. The van der Waals surface area contributed by atoms with E-state index in [-0.39, 0.29) is 5.41 Å². The number of hydrogen-bond donors (Lipinski definition) is 0. The Kier molecular flexibility index (Phi) is 5.54. The van der Waals surface area contributed by atoms with Crippen molar-refractivity contribution < 1.29 is 0 Å². The molecule has 2 saturated carbocycles. The molecule has 0 aromatic rings. The quantitative estimate of drug-likeness (QED) is 0.591. The first-order chi connectivity index (χ1) is 8.87. The molecule has 2 aliphatic rings. The molecule has 0 aromatic carbocycles. The molecule has 0 aliphatic heterocycles. The van der Waals surface area contributed by atoms with Crippen molar-refractivity contribution in [1.82, 2.24) is 0 Å². The van der Waals surface area contributed by atoms with Crippen LogP contribution in [0.25, 0.3) is 0 Å². The van der Waals surface area contributed by atoms with E-state index in [1.54, 1.807) is 0 Å². The van der Waals surface area contributed by atoms with Crippen molar-refractivity contribution in [2.75, 3.05) is 0 Å². The van der Waals surface area contributed by atoms with Crippen molar-refractivity contribution >= 4 is 0 Å². The minimum atomic E-state index is 0.125. The lowest BCUT2D eigenvalue weighted by Crippen LogP contribution is -2.14. The highest BCUT2D eigenvalue weighted by atomic mass is 14.5. The molecule has 18 heavy (non-hydrogen) atoms. The Bertz CT molecular complexity index is 258. The van der Waals surface area contributed by atoms with Gasteiger partial charge in [-0.1, -0.05) is 64.2 Å². The summed E-state index contributed by atoms with van der Waals surface area (Å²) in [7, 11) is 0. The third kappa shape index (κ3) is 4.01.